The van der Waals surface area contributed by atoms with E-state index in [0.29, 0.717) is 24.0 Å². The van der Waals surface area contributed by atoms with E-state index in [-0.39, 0.29) is 24.4 Å². The summed E-state index contributed by atoms with van der Waals surface area (Å²) in [7, 11) is -4.51. The van der Waals surface area contributed by atoms with Gasteiger partial charge in [0.2, 0.25) is 0 Å². The first-order chi connectivity index (χ1) is 13.3. The van der Waals surface area contributed by atoms with Crippen molar-refractivity contribution in [3.63, 3.8) is 0 Å². The van der Waals surface area contributed by atoms with Crippen molar-refractivity contribution in [2.24, 2.45) is 0 Å². The predicted octanol–water partition coefficient (Wildman–Crippen LogP) is 2.32. The summed E-state index contributed by atoms with van der Waals surface area (Å²) in [6.45, 7) is 1.78. The van der Waals surface area contributed by atoms with Gasteiger partial charge >= 0.3 is 7.12 Å². The molecule has 152 valence electrons. The normalized spacial score (nSPS) is 24.5. The largest absolute Gasteiger partial charge is 0.508 e. The van der Waals surface area contributed by atoms with Gasteiger partial charge in [-0.2, -0.15) is 0 Å². The third-order valence-corrected chi connectivity index (χ3v) is 7.44. The van der Waals surface area contributed by atoms with Gasteiger partial charge in [0.1, 0.15) is 5.75 Å². The number of fused-ring (bicyclic) bond motifs is 1. The van der Waals surface area contributed by atoms with Crippen LogP contribution in [0.3, 0.4) is 0 Å². The smallest absolute Gasteiger partial charge is 0.456 e. The quantitative estimate of drug-likeness (QED) is 0.474. The lowest BCUT2D eigenvalue weighted by molar-refractivity contribution is 0.168. The van der Waals surface area contributed by atoms with Crippen molar-refractivity contribution >= 4 is 23.0 Å². The van der Waals surface area contributed by atoms with Gasteiger partial charge < -0.3 is 19.9 Å². The third kappa shape index (κ3) is 4.68. The van der Waals surface area contributed by atoms with Crippen LogP contribution in [0, 0.1) is 0 Å². The summed E-state index contributed by atoms with van der Waals surface area (Å²) in [5.74, 6) is 0.0527. The van der Waals surface area contributed by atoms with Crippen LogP contribution in [0.4, 0.5) is 0 Å². The average Bonchev–Trinajstić information content (AvgIpc) is 2.90. The summed E-state index contributed by atoms with van der Waals surface area (Å²) in [6, 6.07) is 7.03. The number of aromatic hydroxyl groups is 1. The van der Waals surface area contributed by atoms with Gasteiger partial charge in [-0.3, -0.25) is 0 Å². The number of hydrogen-bond acceptors (Lipinski definition) is 6. The molecule has 2 aliphatic rings. The zero-order valence-electron chi connectivity index (χ0n) is 16.0. The van der Waals surface area contributed by atoms with Crippen LogP contribution in [0.5, 0.6) is 5.75 Å². The number of aliphatic hydroxyl groups is 1. The summed E-state index contributed by atoms with van der Waals surface area (Å²) in [5, 5.41) is 28.6. The highest BCUT2D eigenvalue weighted by Gasteiger charge is 2.48. The summed E-state index contributed by atoms with van der Waals surface area (Å²) >= 11 is 0. The fourth-order valence-electron chi connectivity index (χ4n) is 4.18. The Morgan fingerprint density at radius 2 is 2.14 bits per heavy atom. The Kier molecular flexibility index (Phi) is 6.65. The Balaban J connectivity index is 1.80. The van der Waals surface area contributed by atoms with Crippen molar-refractivity contribution in [3.05, 3.63) is 46.5 Å². The number of benzene rings is 1. The van der Waals surface area contributed by atoms with E-state index >= 15 is 0 Å². The van der Waals surface area contributed by atoms with Gasteiger partial charge in [0.15, 0.2) is 9.84 Å². The standard InChI is InChI=1S/C20H27BO6S/c1-2-4-14(9-15-5-3-6-17(23)10-15)7-8-18-20-16(12-22)13-28(25,26)19(20)11-21(24)27-18/h3,5-6,9-10,18-19,22-24H,2,4,7-8,11-13H2,1H3/b14-9+/t18-,19+/m1/s1. The fraction of sp³-hybridized carbons (Fsp3) is 0.500. The molecule has 0 spiro atoms. The van der Waals surface area contributed by atoms with Crippen LogP contribution in [0.1, 0.15) is 38.2 Å². The number of hydrogen-bond donors (Lipinski definition) is 3. The summed E-state index contributed by atoms with van der Waals surface area (Å²) in [5.41, 5.74) is 3.22. The van der Waals surface area contributed by atoms with Gasteiger partial charge in [0, 0.05) is 6.32 Å². The SMILES string of the molecule is CCC/C(=C\c1cccc(O)c1)CC[C@H]1OB(O)C[C@H]2C1=C(CO)CS2(=O)=O. The minimum atomic E-state index is -3.39. The van der Waals surface area contributed by atoms with E-state index in [2.05, 4.69) is 6.92 Å². The van der Waals surface area contributed by atoms with Crippen LogP contribution in [0.2, 0.25) is 6.32 Å². The van der Waals surface area contributed by atoms with E-state index in [9.17, 15) is 23.7 Å². The lowest BCUT2D eigenvalue weighted by atomic mass is 9.74. The van der Waals surface area contributed by atoms with Crippen LogP contribution >= 0.6 is 0 Å². The molecule has 3 N–H and O–H groups in total. The van der Waals surface area contributed by atoms with Gasteiger partial charge in [0.05, 0.1) is 23.7 Å². The number of phenols is 1. The van der Waals surface area contributed by atoms with E-state index in [0.717, 1.165) is 18.4 Å². The lowest BCUT2D eigenvalue weighted by Gasteiger charge is -2.32. The molecular weight excluding hydrogens is 379 g/mol. The first-order valence-corrected chi connectivity index (χ1v) is 11.4. The Hall–Kier alpha value is -1.61. The molecule has 0 radical (unpaired) electrons. The van der Waals surface area contributed by atoms with E-state index in [1.807, 2.05) is 12.1 Å². The van der Waals surface area contributed by atoms with Crippen molar-refractivity contribution in [1.29, 1.82) is 0 Å². The molecule has 1 aromatic carbocycles. The Morgan fingerprint density at radius 3 is 2.82 bits per heavy atom. The zero-order chi connectivity index (χ0) is 20.3. The topological polar surface area (TPSA) is 104 Å². The molecule has 8 heteroatoms. The van der Waals surface area contributed by atoms with E-state index in [1.165, 1.54) is 5.57 Å². The number of phenolic OH excluding ortho intramolecular Hbond substituents is 1. The molecule has 0 saturated carbocycles. The van der Waals surface area contributed by atoms with Crippen molar-refractivity contribution in [2.75, 3.05) is 12.4 Å². The number of rotatable bonds is 7. The molecule has 1 saturated heterocycles. The molecule has 1 fully saturated rings. The Bertz CT molecular complexity index is 876. The van der Waals surface area contributed by atoms with Gasteiger partial charge in [-0.1, -0.05) is 37.1 Å². The van der Waals surface area contributed by atoms with Crippen LogP contribution < -0.4 is 0 Å². The second-order valence-electron chi connectivity index (χ2n) is 7.51. The Morgan fingerprint density at radius 1 is 1.36 bits per heavy atom. The monoisotopic (exact) mass is 406 g/mol. The van der Waals surface area contributed by atoms with Crippen molar-refractivity contribution < 1.29 is 28.3 Å². The molecule has 0 aromatic heterocycles. The van der Waals surface area contributed by atoms with Crippen LogP contribution in [-0.2, 0) is 14.5 Å². The van der Waals surface area contributed by atoms with E-state index in [1.54, 1.807) is 18.2 Å². The predicted molar refractivity (Wildman–Crippen MR) is 110 cm³/mol. The van der Waals surface area contributed by atoms with Crippen molar-refractivity contribution in [3.8, 4) is 5.75 Å². The molecule has 2 atom stereocenters. The van der Waals surface area contributed by atoms with Crippen LogP contribution in [0.15, 0.2) is 41.0 Å². The van der Waals surface area contributed by atoms with E-state index in [4.69, 9.17) is 4.65 Å². The number of sulfone groups is 1. The second-order valence-corrected chi connectivity index (χ2v) is 9.70. The molecule has 0 unspecified atom stereocenters. The molecule has 6 nitrogen and oxygen atoms in total. The van der Waals surface area contributed by atoms with Crippen molar-refractivity contribution in [1.82, 2.24) is 0 Å². The first kappa shape index (κ1) is 21.1. The first-order valence-electron chi connectivity index (χ1n) is 9.70. The van der Waals surface area contributed by atoms with Crippen LogP contribution in [-0.4, -0.2) is 54.5 Å². The lowest BCUT2D eigenvalue weighted by Crippen LogP contribution is -2.42. The minimum absolute atomic E-state index is 0.0264. The molecule has 2 aliphatic heterocycles. The maximum Gasteiger partial charge on any atom is 0.456 e. The summed E-state index contributed by atoms with van der Waals surface area (Å²) < 4.78 is 30.5. The number of allylic oxidation sites excluding steroid dienone is 1. The van der Waals surface area contributed by atoms with Crippen molar-refractivity contribution in [2.45, 2.75) is 50.3 Å². The minimum Gasteiger partial charge on any atom is -0.508 e. The average molecular weight is 406 g/mol. The fourth-order valence-corrected chi connectivity index (χ4v) is 6.28. The maximum atomic E-state index is 12.4. The summed E-state index contributed by atoms with van der Waals surface area (Å²) in [6.07, 6.45) is 4.59. The molecule has 0 aliphatic carbocycles. The van der Waals surface area contributed by atoms with Crippen LogP contribution in [0.25, 0.3) is 6.08 Å². The highest BCUT2D eigenvalue weighted by molar-refractivity contribution is 7.92. The third-order valence-electron chi connectivity index (χ3n) is 5.38. The Labute approximate surface area is 166 Å². The summed E-state index contributed by atoms with van der Waals surface area (Å²) in [4.78, 5) is 0. The zero-order valence-corrected chi connectivity index (χ0v) is 16.9. The molecule has 0 amide bonds. The van der Waals surface area contributed by atoms with Gasteiger partial charge in [-0.05, 0) is 48.1 Å². The number of aliphatic hydroxyl groups excluding tert-OH is 1. The molecule has 1 aromatic rings. The van der Waals surface area contributed by atoms with Gasteiger partial charge in [-0.25, -0.2) is 8.42 Å². The van der Waals surface area contributed by atoms with E-state index < -0.39 is 28.3 Å². The molecule has 3 rings (SSSR count). The molecule has 2 heterocycles. The second kappa shape index (κ2) is 8.82. The molecular formula is C20H27BO6S. The highest BCUT2D eigenvalue weighted by atomic mass is 32.2. The van der Waals surface area contributed by atoms with Gasteiger partial charge in [0.25, 0.3) is 0 Å². The highest BCUT2D eigenvalue weighted by Crippen LogP contribution is 2.39. The van der Waals surface area contributed by atoms with Gasteiger partial charge in [-0.15, -0.1) is 0 Å². The molecule has 28 heavy (non-hydrogen) atoms. The molecule has 0 bridgehead atoms. The maximum absolute atomic E-state index is 12.4.